The van der Waals surface area contributed by atoms with E-state index < -0.39 is 23.3 Å². The van der Waals surface area contributed by atoms with Gasteiger partial charge in [0.25, 0.3) is 0 Å². The van der Waals surface area contributed by atoms with Crippen LogP contribution in [0, 0.1) is 17.6 Å². The first-order valence-electron chi connectivity index (χ1n) is 7.72. The summed E-state index contributed by atoms with van der Waals surface area (Å²) in [5.41, 5.74) is -0.118. The van der Waals surface area contributed by atoms with Crippen molar-refractivity contribution in [1.82, 2.24) is 0 Å². The Morgan fingerprint density at radius 3 is 2.57 bits per heavy atom. The van der Waals surface area contributed by atoms with Crippen LogP contribution in [0.15, 0.2) is 18.2 Å². The van der Waals surface area contributed by atoms with Crippen LogP contribution in [0.5, 0.6) is 0 Å². The lowest BCUT2D eigenvalue weighted by atomic mass is 9.74. The maximum atomic E-state index is 13.3. The van der Waals surface area contributed by atoms with Crippen molar-refractivity contribution in [1.29, 1.82) is 0 Å². The van der Waals surface area contributed by atoms with E-state index in [9.17, 15) is 13.9 Å². The number of halogens is 2. The molecule has 0 heterocycles. The number of aliphatic hydroxyl groups is 1. The summed E-state index contributed by atoms with van der Waals surface area (Å²) in [6, 6.07) is 3.40. The Balaban J connectivity index is 2.16. The summed E-state index contributed by atoms with van der Waals surface area (Å²) in [5, 5.41) is 10.6. The average molecular weight is 298 g/mol. The minimum Gasteiger partial charge on any atom is -0.390 e. The molecule has 21 heavy (non-hydrogen) atoms. The van der Waals surface area contributed by atoms with Crippen LogP contribution < -0.4 is 0 Å². The number of aliphatic hydroxyl groups excluding tert-OH is 1. The fourth-order valence-corrected chi connectivity index (χ4v) is 3.50. The van der Waals surface area contributed by atoms with E-state index in [1.807, 2.05) is 6.92 Å². The van der Waals surface area contributed by atoms with Gasteiger partial charge in [0.1, 0.15) is 11.6 Å². The summed E-state index contributed by atoms with van der Waals surface area (Å²) in [7, 11) is 0. The van der Waals surface area contributed by atoms with E-state index in [1.54, 1.807) is 0 Å². The molecule has 2 rings (SSSR count). The van der Waals surface area contributed by atoms with Gasteiger partial charge in [-0.05, 0) is 43.4 Å². The van der Waals surface area contributed by atoms with Crippen LogP contribution in [0.2, 0.25) is 0 Å². The van der Waals surface area contributed by atoms with Gasteiger partial charge in [-0.2, -0.15) is 0 Å². The van der Waals surface area contributed by atoms with E-state index in [4.69, 9.17) is 4.74 Å². The molecular formula is C17H24F2O2. The second kappa shape index (κ2) is 6.84. The van der Waals surface area contributed by atoms with Crippen molar-refractivity contribution in [2.24, 2.45) is 5.92 Å². The van der Waals surface area contributed by atoms with Gasteiger partial charge in [0.05, 0.1) is 11.7 Å². The number of ether oxygens (including phenoxy) is 1. The van der Waals surface area contributed by atoms with Gasteiger partial charge in [-0.1, -0.05) is 19.8 Å². The molecule has 0 saturated heterocycles. The highest BCUT2D eigenvalue weighted by Crippen LogP contribution is 2.38. The van der Waals surface area contributed by atoms with E-state index in [1.165, 1.54) is 12.1 Å². The molecule has 0 bridgehead atoms. The zero-order chi connectivity index (χ0) is 15.5. The van der Waals surface area contributed by atoms with Crippen molar-refractivity contribution in [2.75, 3.05) is 6.61 Å². The van der Waals surface area contributed by atoms with Crippen LogP contribution in [-0.4, -0.2) is 23.4 Å². The first kappa shape index (κ1) is 16.4. The molecule has 1 fully saturated rings. The number of rotatable bonds is 5. The quantitative estimate of drug-likeness (QED) is 0.894. The van der Waals surface area contributed by atoms with E-state index in [-0.39, 0.29) is 6.42 Å². The minimum absolute atomic E-state index is 0.210. The molecule has 0 spiro atoms. The molecule has 118 valence electrons. The topological polar surface area (TPSA) is 29.5 Å². The fraction of sp³-hybridized carbons (Fsp3) is 0.647. The van der Waals surface area contributed by atoms with Gasteiger partial charge in [0.2, 0.25) is 0 Å². The maximum absolute atomic E-state index is 13.3. The highest BCUT2D eigenvalue weighted by molar-refractivity contribution is 5.19. The summed E-state index contributed by atoms with van der Waals surface area (Å²) in [6.45, 7) is 4.60. The van der Waals surface area contributed by atoms with Crippen LogP contribution >= 0.6 is 0 Å². The monoisotopic (exact) mass is 298 g/mol. The van der Waals surface area contributed by atoms with Crippen molar-refractivity contribution < 1.29 is 18.6 Å². The molecule has 1 aromatic rings. The summed E-state index contributed by atoms with van der Waals surface area (Å²) in [4.78, 5) is 0. The Morgan fingerprint density at radius 2 is 2.00 bits per heavy atom. The van der Waals surface area contributed by atoms with Crippen LogP contribution in [-0.2, 0) is 11.2 Å². The summed E-state index contributed by atoms with van der Waals surface area (Å²) < 4.78 is 32.4. The van der Waals surface area contributed by atoms with E-state index in [0.29, 0.717) is 18.1 Å². The second-order valence-corrected chi connectivity index (χ2v) is 6.20. The van der Waals surface area contributed by atoms with Gasteiger partial charge < -0.3 is 9.84 Å². The molecule has 1 aliphatic carbocycles. The molecule has 3 atom stereocenters. The Labute approximate surface area is 125 Å². The standard InChI is InChI=1S/C17H24F2O2/c1-3-21-17(6-4-5-12(2)11-17)16(20)9-13-7-14(18)10-15(19)8-13/h7-8,10,12,16,20H,3-6,9,11H2,1-2H3. The van der Waals surface area contributed by atoms with Crippen LogP contribution in [0.25, 0.3) is 0 Å². The maximum Gasteiger partial charge on any atom is 0.126 e. The van der Waals surface area contributed by atoms with Crippen molar-refractivity contribution in [3.63, 3.8) is 0 Å². The number of hydrogen-bond donors (Lipinski definition) is 1. The zero-order valence-electron chi connectivity index (χ0n) is 12.7. The van der Waals surface area contributed by atoms with E-state index in [2.05, 4.69) is 6.92 Å². The van der Waals surface area contributed by atoms with Crippen molar-refractivity contribution in [2.45, 2.75) is 57.7 Å². The van der Waals surface area contributed by atoms with Gasteiger partial charge in [0, 0.05) is 19.1 Å². The lowest BCUT2D eigenvalue weighted by Gasteiger charge is -2.43. The molecule has 1 saturated carbocycles. The first-order chi connectivity index (χ1) is 9.95. The molecule has 2 nitrogen and oxygen atoms in total. The molecule has 1 aromatic carbocycles. The summed E-state index contributed by atoms with van der Waals surface area (Å²) in [6.07, 6.45) is 3.19. The molecule has 0 aromatic heterocycles. The molecular weight excluding hydrogens is 274 g/mol. The average Bonchev–Trinajstić information content (AvgIpc) is 2.37. The summed E-state index contributed by atoms with van der Waals surface area (Å²) >= 11 is 0. The SMILES string of the molecule is CCOC1(C(O)Cc2cc(F)cc(F)c2)CCCC(C)C1. The van der Waals surface area contributed by atoms with Crippen molar-refractivity contribution in [3.05, 3.63) is 35.4 Å². The van der Waals surface area contributed by atoms with Crippen LogP contribution in [0.3, 0.4) is 0 Å². The Hall–Kier alpha value is -1.00. The van der Waals surface area contributed by atoms with Crippen molar-refractivity contribution >= 4 is 0 Å². The van der Waals surface area contributed by atoms with Gasteiger partial charge in [-0.25, -0.2) is 8.78 Å². The third-order valence-corrected chi connectivity index (χ3v) is 4.38. The van der Waals surface area contributed by atoms with E-state index >= 15 is 0 Å². The highest BCUT2D eigenvalue weighted by Gasteiger charge is 2.41. The fourth-order valence-electron chi connectivity index (χ4n) is 3.50. The lowest BCUT2D eigenvalue weighted by molar-refractivity contribution is -0.147. The molecule has 0 aliphatic heterocycles. The Morgan fingerprint density at radius 1 is 1.33 bits per heavy atom. The highest BCUT2D eigenvalue weighted by atomic mass is 19.1. The zero-order valence-corrected chi connectivity index (χ0v) is 12.7. The number of hydrogen-bond acceptors (Lipinski definition) is 2. The Bertz CT molecular complexity index is 454. The second-order valence-electron chi connectivity index (χ2n) is 6.20. The smallest absolute Gasteiger partial charge is 0.126 e. The van der Waals surface area contributed by atoms with Gasteiger partial charge >= 0.3 is 0 Å². The lowest BCUT2D eigenvalue weighted by Crippen LogP contribution is -2.49. The molecule has 0 amide bonds. The van der Waals surface area contributed by atoms with E-state index in [0.717, 1.165) is 31.7 Å². The molecule has 1 N–H and O–H groups in total. The molecule has 1 aliphatic rings. The minimum atomic E-state index is -0.749. The predicted molar refractivity (Wildman–Crippen MR) is 78.1 cm³/mol. The Kier molecular flexibility index (Phi) is 5.33. The van der Waals surface area contributed by atoms with Crippen molar-refractivity contribution in [3.8, 4) is 0 Å². The third kappa shape index (κ3) is 4.01. The largest absolute Gasteiger partial charge is 0.390 e. The normalized spacial score (nSPS) is 27.6. The van der Waals surface area contributed by atoms with Gasteiger partial charge in [0.15, 0.2) is 0 Å². The van der Waals surface area contributed by atoms with Gasteiger partial charge in [-0.15, -0.1) is 0 Å². The third-order valence-electron chi connectivity index (χ3n) is 4.38. The van der Waals surface area contributed by atoms with Crippen LogP contribution in [0.4, 0.5) is 8.78 Å². The van der Waals surface area contributed by atoms with Crippen LogP contribution in [0.1, 0.15) is 45.1 Å². The predicted octanol–water partition coefficient (Wildman–Crippen LogP) is 3.85. The molecule has 0 radical (unpaired) electrons. The molecule has 3 unspecified atom stereocenters. The molecule has 4 heteroatoms. The van der Waals surface area contributed by atoms with Gasteiger partial charge in [-0.3, -0.25) is 0 Å². The number of benzene rings is 1. The summed E-state index contributed by atoms with van der Waals surface area (Å²) in [5.74, 6) is -0.733. The first-order valence-corrected chi connectivity index (χ1v) is 7.72.